The van der Waals surface area contributed by atoms with Gasteiger partial charge in [-0.2, -0.15) is 0 Å². The molecule has 0 aromatic rings. The van der Waals surface area contributed by atoms with Crippen molar-refractivity contribution in [1.82, 2.24) is 15.1 Å². The second-order valence-electron chi connectivity index (χ2n) is 7.10. The highest BCUT2D eigenvalue weighted by Crippen LogP contribution is 2.26. The fraction of sp³-hybridized carbons (Fsp3) is 0.938. The average molecular weight is 472 g/mol. The lowest BCUT2D eigenvalue weighted by Gasteiger charge is -2.39. The van der Waals surface area contributed by atoms with Crippen molar-refractivity contribution in [3.63, 3.8) is 0 Å². The normalized spacial score (nSPS) is 23.0. The molecular weight excluding hydrogens is 439 g/mol. The number of nitrogens with zero attached hydrogens (tertiary/aromatic N) is 3. The van der Waals surface area contributed by atoms with Crippen molar-refractivity contribution in [2.45, 2.75) is 51.3 Å². The highest BCUT2D eigenvalue weighted by molar-refractivity contribution is 14.0. The third-order valence-corrected chi connectivity index (χ3v) is 7.33. The Morgan fingerprint density at radius 1 is 1.33 bits per heavy atom. The highest BCUT2D eigenvalue weighted by Gasteiger charge is 2.41. The van der Waals surface area contributed by atoms with Crippen molar-refractivity contribution in [1.29, 1.82) is 0 Å². The number of nitrogens with one attached hydrogen (secondary N) is 1. The summed E-state index contributed by atoms with van der Waals surface area (Å²) in [6.45, 7) is 12.5. The molecule has 2 aliphatic rings. The number of rotatable bonds is 6. The Hall–Kier alpha value is -0.0900. The first kappa shape index (κ1) is 22.0. The maximum absolute atomic E-state index is 12.2. The van der Waals surface area contributed by atoms with Gasteiger partial charge in [-0.25, -0.2) is 8.42 Å². The number of halogens is 1. The number of guanidine groups is 1. The summed E-state index contributed by atoms with van der Waals surface area (Å²) in [6.07, 6.45) is 2.63. The van der Waals surface area contributed by atoms with Gasteiger partial charge in [0.2, 0.25) is 0 Å². The van der Waals surface area contributed by atoms with Crippen LogP contribution in [-0.4, -0.2) is 80.0 Å². The molecule has 0 spiro atoms. The molecule has 1 aliphatic heterocycles. The van der Waals surface area contributed by atoms with Crippen LogP contribution in [0.2, 0.25) is 0 Å². The van der Waals surface area contributed by atoms with Gasteiger partial charge in [0.1, 0.15) is 0 Å². The van der Waals surface area contributed by atoms with Gasteiger partial charge in [-0.15, -0.1) is 24.0 Å². The average Bonchev–Trinajstić information content (AvgIpc) is 3.30. The number of hydrogen-bond acceptors (Lipinski definition) is 4. The molecule has 0 aromatic heterocycles. The van der Waals surface area contributed by atoms with Crippen LogP contribution in [0.1, 0.15) is 40.5 Å². The van der Waals surface area contributed by atoms with Crippen molar-refractivity contribution >= 4 is 39.8 Å². The second-order valence-corrected chi connectivity index (χ2v) is 9.84. The van der Waals surface area contributed by atoms with E-state index in [1.54, 1.807) is 0 Å². The van der Waals surface area contributed by atoms with Crippen LogP contribution in [0.4, 0.5) is 0 Å². The maximum atomic E-state index is 12.2. The summed E-state index contributed by atoms with van der Waals surface area (Å²) < 4.78 is 23.6. The van der Waals surface area contributed by atoms with Crippen LogP contribution in [0, 0.1) is 0 Å². The van der Waals surface area contributed by atoms with E-state index in [0.717, 1.165) is 38.2 Å². The summed E-state index contributed by atoms with van der Waals surface area (Å²) in [5.74, 6) is 1.05. The van der Waals surface area contributed by atoms with Gasteiger partial charge in [0.25, 0.3) is 0 Å². The molecule has 6 nitrogen and oxygen atoms in total. The van der Waals surface area contributed by atoms with Crippen molar-refractivity contribution in [2.75, 3.05) is 45.0 Å². The molecule has 2 fully saturated rings. The number of likely N-dealkylation sites (N-methyl/N-ethyl adjacent to an activating group) is 1. The molecule has 2 rings (SSSR count). The summed E-state index contributed by atoms with van der Waals surface area (Å²) in [7, 11) is -3.02. The molecule has 8 heteroatoms. The molecule has 0 atom stereocenters. The van der Waals surface area contributed by atoms with E-state index in [2.05, 4.69) is 22.0 Å². The van der Waals surface area contributed by atoms with E-state index < -0.39 is 14.6 Å². The first-order chi connectivity index (χ1) is 10.8. The number of aliphatic imine (C=N–C) groups is 1. The Balaban J connectivity index is 0.00000288. The van der Waals surface area contributed by atoms with E-state index in [1.807, 2.05) is 20.8 Å². The Labute approximate surface area is 164 Å². The maximum Gasteiger partial charge on any atom is 0.194 e. The van der Waals surface area contributed by atoms with Crippen LogP contribution < -0.4 is 5.32 Å². The van der Waals surface area contributed by atoms with Gasteiger partial charge < -0.3 is 10.2 Å². The third-order valence-electron chi connectivity index (χ3n) is 4.80. The highest BCUT2D eigenvalue weighted by atomic mass is 127. The lowest BCUT2D eigenvalue weighted by molar-refractivity contribution is 0.285. The van der Waals surface area contributed by atoms with Crippen molar-refractivity contribution in [3.8, 4) is 0 Å². The molecule has 142 valence electrons. The van der Waals surface area contributed by atoms with E-state index in [-0.39, 0.29) is 29.7 Å². The fourth-order valence-electron chi connectivity index (χ4n) is 3.07. The Bertz CT molecular complexity index is 532. The summed E-state index contributed by atoms with van der Waals surface area (Å²) >= 11 is 0. The van der Waals surface area contributed by atoms with Gasteiger partial charge in [-0.3, -0.25) is 9.89 Å². The molecule has 1 N–H and O–H groups in total. The molecule has 1 heterocycles. The van der Waals surface area contributed by atoms with Gasteiger partial charge in [0.15, 0.2) is 15.8 Å². The number of hydrogen-bond donors (Lipinski definition) is 1. The van der Waals surface area contributed by atoms with E-state index in [4.69, 9.17) is 4.99 Å². The minimum Gasteiger partial charge on any atom is -0.357 e. The Morgan fingerprint density at radius 2 is 2.00 bits per heavy atom. The van der Waals surface area contributed by atoms with Crippen LogP contribution >= 0.6 is 24.0 Å². The minimum absolute atomic E-state index is 0. The SMILES string of the molecule is CCNC(=NCCN(CC)C1CC1)N1CCS(=O)(=O)C(C)(C)C1.I. The van der Waals surface area contributed by atoms with Crippen LogP contribution in [0.15, 0.2) is 4.99 Å². The smallest absolute Gasteiger partial charge is 0.194 e. The molecule has 0 amide bonds. The largest absolute Gasteiger partial charge is 0.357 e. The van der Waals surface area contributed by atoms with E-state index in [0.29, 0.717) is 13.1 Å². The third kappa shape index (κ3) is 5.45. The predicted molar refractivity (Wildman–Crippen MR) is 111 cm³/mol. The van der Waals surface area contributed by atoms with Crippen LogP contribution in [0.3, 0.4) is 0 Å². The monoisotopic (exact) mass is 472 g/mol. The predicted octanol–water partition coefficient (Wildman–Crippen LogP) is 1.56. The summed E-state index contributed by atoms with van der Waals surface area (Å²) in [6, 6.07) is 0.761. The van der Waals surface area contributed by atoms with Crippen LogP contribution in [0.5, 0.6) is 0 Å². The van der Waals surface area contributed by atoms with Crippen molar-refractivity contribution < 1.29 is 8.42 Å². The summed E-state index contributed by atoms with van der Waals surface area (Å²) in [4.78, 5) is 9.32. The second kappa shape index (κ2) is 9.02. The standard InChI is InChI=1S/C16H32N4O2S.HI/c1-5-17-15(18-9-10-19(6-2)14-7-8-14)20-11-12-23(21,22)16(3,4)13-20;/h14H,5-13H2,1-4H3,(H,17,18);1H. The topological polar surface area (TPSA) is 65.0 Å². The molecule has 24 heavy (non-hydrogen) atoms. The van der Waals surface area contributed by atoms with Gasteiger partial charge in [-0.1, -0.05) is 6.92 Å². The zero-order chi connectivity index (χ0) is 17.1. The van der Waals surface area contributed by atoms with Crippen molar-refractivity contribution in [3.05, 3.63) is 0 Å². The molecule has 1 aliphatic carbocycles. The van der Waals surface area contributed by atoms with Gasteiger partial charge >= 0.3 is 0 Å². The van der Waals surface area contributed by atoms with Gasteiger partial charge in [0, 0.05) is 32.2 Å². The lowest BCUT2D eigenvalue weighted by atomic mass is 10.2. The van der Waals surface area contributed by atoms with E-state index >= 15 is 0 Å². The quantitative estimate of drug-likeness (QED) is 0.361. The lowest BCUT2D eigenvalue weighted by Crippen LogP contribution is -2.57. The first-order valence-electron chi connectivity index (χ1n) is 8.80. The summed E-state index contributed by atoms with van der Waals surface area (Å²) in [5.41, 5.74) is 0. The molecule has 0 radical (unpaired) electrons. The molecule has 0 aromatic carbocycles. The minimum atomic E-state index is -3.02. The van der Waals surface area contributed by atoms with E-state index in [1.165, 1.54) is 12.8 Å². The zero-order valence-corrected chi connectivity index (χ0v) is 18.6. The van der Waals surface area contributed by atoms with Crippen LogP contribution in [-0.2, 0) is 9.84 Å². The van der Waals surface area contributed by atoms with Gasteiger partial charge in [0.05, 0.1) is 17.0 Å². The molecule has 0 unspecified atom stereocenters. The molecule has 0 bridgehead atoms. The molecule has 1 saturated carbocycles. The Kier molecular flexibility index (Phi) is 8.25. The van der Waals surface area contributed by atoms with Gasteiger partial charge in [-0.05, 0) is 40.2 Å². The fourth-order valence-corrected chi connectivity index (χ4v) is 4.44. The summed E-state index contributed by atoms with van der Waals surface area (Å²) in [5, 5.41) is 3.32. The first-order valence-corrected chi connectivity index (χ1v) is 10.5. The Morgan fingerprint density at radius 3 is 2.50 bits per heavy atom. The molecule has 1 saturated heterocycles. The molecular formula is C16H33IN4O2S. The van der Waals surface area contributed by atoms with Crippen LogP contribution in [0.25, 0.3) is 0 Å². The van der Waals surface area contributed by atoms with Crippen molar-refractivity contribution in [2.24, 2.45) is 4.99 Å². The zero-order valence-electron chi connectivity index (χ0n) is 15.4. The number of sulfone groups is 1. The van der Waals surface area contributed by atoms with E-state index in [9.17, 15) is 8.42 Å².